The van der Waals surface area contributed by atoms with Crippen LogP contribution in [-0.2, 0) is 5.41 Å². The molecule has 1 aliphatic carbocycles. The van der Waals surface area contributed by atoms with Crippen LogP contribution in [0.3, 0.4) is 0 Å². The first-order valence-corrected chi connectivity index (χ1v) is 5.69. The predicted octanol–water partition coefficient (Wildman–Crippen LogP) is 2.83. The van der Waals surface area contributed by atoms with Crippen molar-refractivity contribution in [3.63, 3.8) is 0 Å². The lowest BCUT2D eigenvalue weighted by Gasteiger charge is -2.31. The van der Waals surface area contributed by atoms with Crippen LogP contribution < -0.4 is 5.73 Å². The van der Waals surface area contributed by atoms with Gasteiger partial charge in [-0.1, -0.05) is 13.8 Å². The van der Waals surface area contributed by atoms with Crippen molar-refractivity contribution in [2.45, 2.75) is 44.6 Å². The van der Waals surface area contributed by atoms with Crippen LogP contribution in [0.2, 0.25) is 0 Å². The molecule has 0 atom stereocenters. The summed E-state index contributed by atoms with van der Waals surface area (Å²) in [7, 11) is 0. The number of aryl methyl sites for hydroxylation is 1. The molecule has 1 heterocycles. The third-order valence-corrected chi connectivity index (χ3v) is 4.80. The summed E-state index contributed by atoms with van der Waals surface area (Å²) in [5.41, 5.74) is 7.92. The minimum absolute atomic E-state index is 0.0720. The molecule has 0 unspecified atom stereocenters. The van der Waals surface area contributed by atoms with Gasteiger partial charge < -0.3 is 5.73 Å². The maximum Gasteiger partial charge on any atom is 0.0256 e. The molecule has 0 aliphatic heterocycles. The Labute approximate surface area is 84.0 Å². The second-order valence-electron chi connectivity index (χ2n) is 4.71. The zero-order chi connectivity index (χ0) is 9.69. The highest BCUT2D eigenvalue weighted by Crippen LogP contribution is 2.51. The molecule has 0 spiro atoms. The first kappa shape index (κ1) is 9.22. The summed E-state index contributed by atoms with van der Waals surface area (Å²) in [4.78, 5) is 1.47. The fraction of sp³-hybridized carbons (Fsp3) is 0.636. The Kier molecular flexibility index (Phi) is 1.83. The Morgan fingerprint density at radius 1 is 1.46 bits per heavy atom. The highest BCUT2D eigenvalue weighted by Gasteiger charge is 2.52. The number of thiophene rings is 1. The molecule has 1 fully saturated rings. The van der Waals surface area contributed by atoms with E-state index in [-0.39, 0.29) is 11.0 Å². The van der Waals surface area contributed by atoms with E-state index < -0.39 is 0 Å². The summed E-state index contributed by atoms with van der Waals surface area (Å²) in [5.74, 6) is 0. The second kappa shape index (κ2) is 2.58. The van der Waals surface area contributed by atoms with Crippen molar-refractivity contribution in [3.05, 3.63) is 21.9 Å². The van der Waals surface area contributed by atoms with Gasteiger partial charge in [-0.25, -0.2) is 0 Å². The molecule has 0 saturated heterocycles. The SMILES string of the molecule is Cc1ccsc1C(C)(C)C1(N)CC1. The fourth-order valence-electron chi connectivity index (χ4n) is 2.00. The number of hydrogen-bond donors (Lipinski definition) is 1. The van der Waals surface area contributed by atoms with Crippen LogP contribution in [0.15, 0.2) is 11.4 Å². The fourth-order valence-corrected chi connectivity index (χ4v) is 3.16. The average Bonchev–Trinajstić information content (AvgIpc) is 2.63. The quantitative estimate of drug-likeness (QED) is 0.771. The lowest BCUT2D eigenvalue weighted by Crippen LogP contribution is -2.43. The lowest BCUT2D eigenvalue weighted by atomic mass is 9.79. The van der Waals surface area contributed by atoms with Gasteiger partial charge in [0, 0.05) is 15.8 Å². The van der Waals surface area contributed by atoms with Crippen LogP contribution in [0.25, 0.3) is 0 Å². The number of nitrogens with two attached hydrogens (primary N) is 1. The standard InChI is InChI=1S/C11H17NS/c1-8-4-7-13-9(8)10(2,3)11(12)5-6-11/h4,7H,5-6,12H2,1-3H3. The van der Waals surface area contributed by atoms with E-state index in [1.54, 1.807) is 0 Å². The third-order valence-electron chi connectivity index (χ3n) is 3.46. The molecule has 1 aliphatic rings. The molecule has 0 amide bonds. The van der Waals surface area contributed by atoms with E-state index in [0.717, 1.165) is 0 Å². The first-order valence-electron chi connectivity index (χ1n) is 4.81. The van der Waals surface area contributed by atoms with Gasteiger partial charge in [0.1, 0.15) is 0 Å². The van der Waals surface area contributed by atoms with Gasteiger partial charge in [0.05, 0.1) is 0 Å². The molecule has 13 heavy (non-hydrogen) atoms. The normalized spacial score (nSPS) is 20.3. The van der Waals surface area contributed by atoms with E-state index in [2.05, 4.69) is 32.2 Å². The van der Waals surface area contributed by atoms with Gasteiger partial charge in [-0.2, -0.15) is 0 Å². The lowest BCUT2D eigenvalue weighted by molar-refractivity contribution is 0.397. The van der Waals surface area contributed by atoms with Crippen molar-refractivity contribution in [3.8, 4) is 0 Å². The highest BCUT2D eigenvalue weighted by molar-refractivity contribution is 7.10. The molecule has 1 saturated carbocycles. The summed E-state index contributed by atoms with van der Waals surface area (Å²) < 4.78 is 0. The molecule has 0 bridgehead atoms. The van der Waals surface area contributed by atoms with Gasteiger partial charge in [-0.3, -0.25) is 0 Å². The molecule has 0 aromatic carbocycles. The first-order chi connectivity index (χ1) is 5.97. The van der Waals surface area contributed by atoms with Crippen molar-refractivity contribution in [1.82, 2.24) is 0 Å². The zero-order valence-electron chi connectivity index (χ0n) is 8.55. The van der Waals surface area contributed by atoms with Gasteiger partial charge in [0.2, 0.25) is 0 Å². The van der Waals surface area contributed by atoms with Gasteiger partial charge in [-0.05, 0) is 36.8 Å². The molecule has 0 radical (unpaired) electrons. The van der Waals surface area contributed by atoms with Gasteiger partial charge in [0.15, 0.2) is 0 Å². The predicted molar refractivity (Wildman–Crippen MR) is 58.2 cm³/mol. The molecular formula is C11H17NS. The Balaban J connectivity index is 2.40. The monoisotopic (exact) mass is 195 g/mol. The van der Waals surface area contributed by atoms with Crippen molar-refractivity contribution in [2.75, 3.05) is 0 Å². The Morgan fingerprint density at radius 3 is 2.46 bits per heavy atom. The minimum atomic E-state index is 0.0720. The van der Waals surface area contributed by atoms with Crippen molar-refractivity contribution in [1.29, 1.82) is 0 Å². The summed E-state index contributed by atoms with van der Waals surface area (Å²) in [5, 5.41) is 2.16. The van der Waals surface area contributed by atoms with Gasteiger partial charge in [0.25, 0.3) is 0 Å². The van der Waals surface area contributed by atoms with Crippen molar-refractivity contribution < 1.29 is 0 Å². The number of rotatable bonds is 2. The average molecular weight is 195 g/mol. The second-order valence-corrected chi connectivity index (χ2v) is 5.63. The van der Waals surface area contributed by atoms with Crippen LogP contribution in [0.4, 0.5) is 0 Å². The maximum atomic E-state index is 6.29. The van der Waals surface area contributed by atoms with Crippen molar-refractivity contribution in [2.24, 2.45) is 5.73 Å². The van der Waals surface area contributed by atoms with E-state index in [0.29, 0.717) is 0 Å². The summed E-state index contributed by atoms with van der Waals surface area (Å²) >= 11 is 1.84. The Morgan fingerprint density at radius 2 is 2.08 bits per heavy atom. The van der Waals surface area contributed by atoms with E-state index in [4.69, 9.17) is 5.73 Å². The Bertz CT molecular complexity index is 321. The zero-order valence-corrected chi connectivity index (χ0v) is 9.37. The van der Waals surface area contributed by atoms with Crippen LogP contribution in [0, 0.1) is 6.92 Å². The Hall–Kier alpha value is -0.340. The third kappa shape index (κ3) is 1.24. The molecule has 1 nitrogen and oxygen atoms in total. The summed E-state index contributed by atoms with van der Waals surface area (Å²) in [6.07, 6.45) is 2.36. The molecule has 2 rings (SSSR count). The van der Waals surface area contributed by atoms with Crippen LogP contribution in [-0.4, -0.2) is 5.54 Å². The topological polar surface area (TPSA) is 26.0 Å². The molecular weight excluding hydrogens is 178 g/mol. The van der Waals surface area contributed by atoms with Crippen LogP contribution >= 0.6 is 11.3 Å². The summed E-state index contributed by atoms with van der Waals surface area (Å²) in [6, 6.07) is 2.19. The van der Waals surface area contributed by atoms with E-state index in [1.807, 2.05) is 11.3 Å². The summed E-state index contributed by atoms with van der Waals surface area (Å²) in [6.45, 7) is 6.73. The maximum absolute atomic E-state index is 6.29. The molecule has 2 heteroatoms. The molecule has 2 N–H and O–H groups in total. The number of hydrogen-bond acceptors (Lipinski definition) is 2. The van der Waals surface area contributed by atoms with Gasteiger partial charge in [-0.15, -0.1) is 11.3 Å². The molecule has 1 aromatic rings. The highest BCUT2D eigenvalue weighted by atomic mass is 32.1. The van der Waals surface area contributed by atoms with E-state index in [9.17, 15) is 0 Å². The van der Waals surface area contributed by atoms with Crippen LogP contribution in [0.5, 0.6) is 0 Å². The van der Waals surface area contributed by atoms with Crippen molar-refractivity contribution >= 4 is 11.3 Å². The van der Waals surface area contributed by atoms with E-state index >= 15 is 0 Å². The van der Waals surface area contributed by atoms with Crippen LogP contribution in [0.1, 0.15) is 37.1 Å². The largest absolute Gasteiger partial charge is 0.324 e. The smallest absolute Gasteiger partial charge is 0.0256 e. The van der Waals surface area contributed by atoms with Gasteiger partial charge >= 0.3 is 0 Å². The minimum Gasteiger partial charge on any atom is -0.324 e. The van der Waals surface area contributed by atoms with E-state index in [1.165, 1.54) is 23.3 Å². The molecule has 1 aromatic heterocycles. The molecule has 72 valence electrons.